The van der Waals surface area contributed by atoms with Crippen LogP contribution >= 0.6 is 0 Å². The molecule has 1 unspecified atom stereocenters. The number of benzene rings is 2. The number of fused-ring (bicyclic) bond motifs is 1. The molecule has 5 nitrogen and oxygen atoms in total. The van der Waals surface area contributed by atoms with Gasteiger partial charge in [-0.05, 0) is 55.3 Å². The fourth-order valence-electron chi connectivity index (χ4n) is 3.49. The lowest BCUT2D eigenvalue weighted by atomic mass is 10.1. The van der Waals surface area contributed by atoms with Crippen LogP contribution in [0.2, 0.25) is 0 Å². The second-order valence-electron chi connectivity index (χ2n) is 6.70. The zero-order valence-corrected chi connectivity index (χ0v) is 15.0. The van der Waals surface area contributed by atoms with Crippen molar-refractivity contribution >= 4 is 17.5 Å². The van der Waals surface area contributed by atoms with Gasteiger partial charge in [0.25, 0.3) is 11.8 Å². The first-order chi connectivity index (χ1) is 13.1. The van der Waals surface area contributed by atoms with Crippen LogP contribution in [0.5, 0.6) is 0 Å². The van der Waals surface area contributed by atoms with Crippen molar-refractivity contribution in [3.05, 3.63) is 89.4 Å². The van der Waals surface area contributed by atoms with Gasteiger partial charge in [-0.2, -0.15) is 0 Å². The number of carbonyl (C=O) groups excluding carboxylic acids is 2. The molecular formula is C22H20N2O3. The molecule has 4 rings (SSSR count). The van der Waals surface area contributed by atoms with Gasteiger partial charge < -0.3 is 14.6 Å². The highest BCUT2D eigenvalue weighted by atomic mass is 16.3. The summed E-state index contributed by atoms with van der Waals surface area (Å²) in [4.78, 5) is 27.4. The number of carbonyl (C=O) groups is 2. The predicted molar refractivity (Wildman–Crippen MR) is 103 cm³/mol. The number of hydrogen-bond donors (Lipinski definition) is 1. The number of hydrogen-bond acceptors (Lipinski definition) is 3. The molecule has 0 spiro atoms. The van der Waals surface area contributed by atoms with Gasteiger partial charge in [-0.25, -0.2) is 0 Å². The first-order valence-corrected chi connectivity index (χ1v) is 8.95. The van der Waals surface area contributed by atoms with Crippen molar-refractivity contribution in [1.82, 2.24) is 5.32 Å². The summed E-state index contributed by atoms with van der Waals surface area (Å²) in [6.07, 6.45) is 2.40. The van der Waals surface area contributed by atoms with E-state index in [0.29, 0.717) is 23.4 Å². The standard InChI is InChI=1S/C22H20N2O3/c1-15-12-16-6-2-3-10-20(16)24(15)22(26)18-8-4-7-17(13-18)21(25)23-14-19-9-5-11-27-19/h2-11,13,15H,12,14H2,1H3,(H,23,25). The molecule has 3 aromatic rings. The number of furan rings is 1. The van der Waals surface area contributed by atoms with E-state index < -0.39 is 0 Å². The fourth-order valence-corrected chi connectivity index (χ4v) is 3.49. The van der Waals surface area contributed by atoms with Gasteiger partial charge in [0.1, 0.15) is 5.76 Å². The molecule has 0 saturated heterocycles. The minimum Gasteiger partial charge on any atom is -0.467 e. The molecule has 2 heterocycles. The number of amides is 2. The van der Waals surface area contributed by atoms with Gasteiger partial charge in [0.2, 0.25) is 0 Å². The molecule has 0 radical (unpaired) electrons. The summed E-state index contributed by atoms with van der Waals surface area (Å²) in [7, 11) is 0. The molecule has 0 saturated carbocycles. The zero-order valence-electron chi connectivity index (χ0n) is 15.0. The van der Waals surface area contributed by atoms with Crippen molar-refractivity contribution in [3.8, 4) is 0 Å². The molecule has 1 N–H and O–H groups in total. The summed E-state index contributed by atoms with van der Waals surface area (Å²) >= 11 is 0. The van der Waals surface area contributed by atoms with Crippen LogP contribution in [0.1, 0.15) is 39.0 Å². The molecule has 2 aromatic carbocycles. The van der Waals surface area contributed by atoms with E-state index in [-0.39, 0.29) is 17.9 Å². The Labute approximate surface area is 157 Å². The van der Waals surface area contributed by atoms with Gasteiger partial charge in [-0.3, -0.25) is 9.59 Å². The Kier molecular flexibility index (Phi) is 4.50. The molecule has 0 fully saturated rings. The molecule has 27 heavy (non-hydrogen) atoms. The van der Waals surface area contributed by atoms with Gasteiger partial charge >= 0.3 is 0 Å². The first-order valence-electron chi connectivity index (χ1n) is 8.95. The SMILES string of the molecule is CC1Cc2ccccc2N1C(=O)c1cccc(C(=O)NCc2ccco2)c1. The topological polar surface area (TPSA) is 62.6 Å². The summed E-state index contributed by atoms with van der Waals surface area (Å²) in [5.74, 6) is 0.349. The first kappa shape index (κ1) is 17.1. The van der Waals surface area contributed by atoms with Crippen LogP contribution in [0.4, 0.5) is 5.69 Å². The third-order valence-corrected chi connectivity index (χ3v) is 4.80. The zero-order chi connectivity index (χ0) is 18.8. The van der Waals surface area contributed by atoms with Crippen molar-refractivity contribution in [3.63, 3.8) is 0 Å². The van der Waals surface area contributed by atoms with Crippen LogP contribution in [0, 0.1) is 0 Å². The summed E-state index contributed by atoms with van der Waals surface area (Å²) in [5, 5.41) is 2.80. The van der Waals surface area contributed by atoms with E-state index in [1.807, 2.05) is 30.0 Å². The van der Waals surface area contributed by atoms with E-state index in [1.54, 1.807) is 42.7 Å². The average molecular weight is 360 g/mol. The van der Waals surface area contributed by atoms with Crippen LogP contribution in [0.15, 0.2) is 71.3 Å². The van der Waals surface area contributed by atoms with E-state index in [0.717, 1.165) is 12.1 Å². The van der Waals surface area contributed by atoms with E-state index >= 15 is 0 Å². The normalized spacial score (nSPS) is 15.4. The van der Waals surface area contributed by atoms with Crippen molar-refractivity contribution in [2.45, 2.75) is 25.9 Å². The number of nitrogens with zero attached hydrogens (tertiary/aromatic N) is 1. The highest BCUT2D eigenvalue weighted by molar-refractivity contribution is 6.09. The van der Waals surface area contributed by atoms with Crippen LogP contribution in [0.3, 0.4) is 0 Å². The summed E-state index contributed by atoms with van der Waals surface area (Å²) < 4.78 is 5.22. The third kappa shape index (κ3) is 3.36. The average Bonchev–Trinajstić information content (AvgIpc) is 3.32. The number of nitrogens with one attached hydrogen (secondary N) is 1. The molecule has 0 aliphatic carbocycles. The fraction of sp³-hybridized carbons (Fsp3) is 0.182. The lowest BCUT2D eigenvalue weighted by Crippen LogP contribution is -2.35. The Hall–Kier alpha value is -3.34. The summed E-state index contributed by atoms with van der Waals surface area (Å²) in [5.41, 5.74) is 3.07. The third-order valence-electron chi connectivity index (χ3n) is 4.80. The largest absolute Gasteiger partial charge is 0.467 e. The van der Waals surface area contributed by atoms with Gasteiger partial charge in [0.15, 0.2) is 0 Å². The smallest absolute Gasteiger partial charge is 0.258 e. The Morgan fingerprint density at radius 2 is 1.89 bits per heavy atom. The van der Waals surface area contributed by atoms with Crippen molar-refractivity contribution < 1.29 is 14.0 Å². The lowest BCUT2D eigenvalue weighted by Gasteiger charge is -2.23. The monoisotopic (exact) mass is 360 g/mol. The van der Waals surface area contributed by atoms with E-state index in [1.165, 1.54) is 5.56 Å². The maximum absolute atomic E-state index is 13.1. The number of para-hydroxylation sites is 1. The Balaban J connectivity index is 1.53. The molecule has 1 aliphatic heterocycles. The number of anilines is 1. The highest BCUT2D eigenvalue weighted by Crippen LogP contribution is 2.33. The highest BCUT2D eigenvalue weighted by Gasteiger charge is 2.31. The van der Waals surface area contributed by atoms with Crippen LogP contribution in [-0.4, -0.2) is 17.9 Å². The van der Waals surface area contributed by atoms with Gasteiger partial charge in [0.05, 0.1) is 12.8 Å². The Morgan fingerprint density at radius 3 is 2.70 bits per heavy atom. The summed E-state index contributed by atoms with van der Waals surface area (Å²) in [6, 6.07) is 18.5. The summed E-state index contributed by atoms with van der Waals surface area (Å²) in [6.45, 7) is 2.35. The quantitative estimate of drug-likeness (QED) is 0.770. The molecule has 5 heteroatoms. The second kappa shape index (κ2) is 7.11. The van der Waals surface area contributed by atoms with Crippen molar-refractivity contribution in [1.29, 1.82) is 0 Å². The van der Waals surface area contributed by atoms with Gasteiger partial charge in [-0.15, -0.1) is 0 Å². The number of rotatable bonds is 4. The minimum absolute atomic E-state index is 0.0892. The van der Waals surface area contributed by atoms with E-state index in [9.17, 15) is 9.59 Å². The predicted octanol–water partition coefficient (Wildman–Crippen LogP) is 3.80. The molecule has 136 valence electrons. The molecule has 0 bridgehead atoms. The van der Waals surface area contributed by atoms with Gasteiger partial charge in [-0.1, -0.05) is 24.3 Å². The molecular weight excluding hydrogens is 340 g/mol. The van der Waals surface area contributed by atoms with Crippen molar-refractivity contribution in [2.24, 2.45) is 0 Å². The van der Waals surface area contributed by atoms with E-state index in [4.69, 9.17) is 4.42 Å². The molecule has 2 amide bonds. The van der Waals surface area contributed by atoms with Crippen LogP contribution in [0.25, 0.3) is 0 Å². The van der Waals surface area contributed by atoms with Crippen LogP contribution in [-0.2, 0) is 13.0 Å². The minimum atomic E-state index is -0.240. The molecule has 1 atom stereocenters. The van der Waals surface area contributed by atoms with Gasteiger partial charge in [0, 0.05) is 22.9 Å². The lowest BCUT2D eigenvalue weighted by molar-refractivity contribution is 0.0948. The maximum atomic E-state index is 13.1. The van der Waals surface area contributed by atoms with Crippen LogP contribution < -0.4 is 10.2 Å². The molecule has 1 aromatic heterocycles. The Bertz CT molecular complexity index is 979. The maximum Gasteiger partial charge on any atom is 0.258 e. The Morgan fingerprint density at radius 1 is 1.07 bits per heavy atom. The van der Waals surface area contributed by atoms with Crippen molar-refractivity contribution in [2.75, 3.05) is 4.90 Å². The molecule has 1 aliphatic rings. The second-order valence-corrected chi connectivity index (χ2v) is 6.70. The van der Waals surface area contributed by atoms with E-state index in [2.05, 4.69) is 11.4 Å².